The summed E-state index contributed by atoms with van der Waals surface area (Å²) < 4.78 is 14.6. The van der Waals surface area contributed by atoms with Crippen LogP contribution in [0.1, 0.15) is 53.6 Å². The number of benzene rings is 1. The Morgan fingerprint density at radius 2 is 2.19 bits per heavy atom. The molecule has 0 radical (unpaired) electrons. The summed E-state index contributed by atoms with van der Waals surface area (Å²) in [5.41, 5.74) is 3.83. The molecule has 142 valence electrons. The highest BCUT2D eigenvalue weighted by atomic mass is 19.1. The van der Waals surface area contributed by atoms with Gasteiger partial charge in [-0.1, -0.05) is 0 Å². The van der Waals surface area contributed by atoms with Crippen molar-refractivity contribution in [1.82, 2.24) is 15.3 Å². The summed E-state index contributed by atoms with van der Waals surface area (Å²) >= 11 is 0. The first-order chi connectivity index (χ1) is 12.5. The molecule has 0 unspecified atom stereocenters. The number of hydroxylamine groups is 1. The standard InChI is InChI=1S/C20H28FN3O2/c1-23-7-2-5-20(13-23)6-3-16(11-20)24-8-4-14-9-15(19(25)22-26)10-18(21)17(14)12-24/h9-10,16,26H,2-8,11-13H2,1H3,(H,22,25)/t16-,20-/m1/s1. The van der Waals surface area contributed by atoms with Gasteiger partial charge in [-0.05, 0) is 75.2 Å². The molecule has 0 aromatic heterocycles. The molecule has 4 rings (SSSR count). The van der Waals surface area contributed by atoms with Gasteiger partial charge in [-0.15, -0.1) is 0 Å². The van der Waals surface area contributed by atoms with Crippen molar-refractivity contribution in [2.45, 2.75) is 51.1 Å². The fraction of sp³-hybridized carbons (Fsp3) is 0.650. The van der Waals surface area contributed by atoms with Crippen LogP contribution < -0.4 is 5.48 Å². The molecule has 1 spiro atoms. The van der Waals surface area contributed by atoms with E-state index in [9.17, 15) is 9.18 Å². The summed E-state index contributed by atoms with van der Waals surface area (Å²) in [4.78, 5) is 16.5. The van der Waals surface area contributed by atoms with E-state index >= 15 is 0 Å². The SMILES string of the molecule is CN1CCC[C@]2(CC[C@@H](N3CCc4cc(C(=O)NO)cc(F)c4C3)C2)C1. The number of hydrogen-bond acceptors (Lipinski definition) is 4. The number of likely N-dealkylation sites (tertiary alicyclic amines) is 1. The van der Waals surface area contributed by atoms with Gasteiger partial charge < -0.3 is 4.90 Å². The molecule has 2 fully saturated rings. The van der Waals surface area contributed by atoms with Crippen molar-refractivity contribution in [2.75, 3.05) is 26.7 Å². The number of carbonyl (C=O) groups is 1. The molecule has 1 aliphatic carbocycles. The van der Waals surface area contributed by atoms with Crippen molar-refractivity contribution in [3.05, 3.63) is 34.6 Å². The Bertz CT molecular complexity index is 711. The first-order valence-corrected chi connectivity index (χ1v) is 9.68. The Balaban J connectivity index is 1.48. The molecule has 1 aromatic rings. The second kappa shape index (κ2) is 6.91. The second-order valence-corrected chi connectivity index (χ2v) is 8.50. The molecular weight excluding hydrogens is 333 g/mol. The molecule has 0 bridgehead atoms. The first-order valence-electron chi connectivity index (χ1n) is 9.68. The highest BCUT2D eigenvalue weighted by Crippen LogP contribution is 2.46. The van der Waals surface area contributed by atoms with Crippen LogP contribution in [0.5, 0.6) is 0 Å². The summed E-state index contributed by atoms with van der Waals surface area (Å²) in [5.74, 6) is -0.996. The Morgan fingerprint density at radius 3 is 2.96 bits per heavy atom. The Hall–Kier alpha value is -1.50. The Labute approximate surface area is 154 Å². The molecule has 2 N–H and O–H groups in total. The second-order valence-electron chi connectivity index (χ2n) is 8.50. The zero-order chi connectivity index (χ0) is 18.3. The molecule has 2 aliphatic heterocycles. The van der Waals surface area contributed by atoms with E-state index in [0.29, 0.717) is 23.6 Å². The molecule has 26 heavy (non-hydrogen) atoms. The highest BCUT2D eigenvalue weighted by molar-refractivity contribution is 5.93. The van der Waals surface area contributed by atoms with E-state index < -0.39 is 5.91 Å². The third kappa shape index (κ3) is 3.26. The number of piperidine rings is 1. The zero-order valence-electron chi connectivity index (χ0n) is 15.4. The number of hydrogen-bond donors (Lipinski definition) is 2. The maximum atomic E-state index is 14.6. The van der Waals surface area contributed by atoms with Gasteiger partial charge in [0.05, 0.1) is 0 Å². The molecular formula is C20H28FN3O2. The number of rotatable bonds is 2. The number of fused-ring (bicyclic) bond motifs is 1. The zero-order valence-corrected chi connectivity index (χ0v) is 15.4. The maximum Gasteiger partial charge on any atom is 0.274 e. The van der Waals surface area contributed by atoms with E-state index in [-0.39, 0.29) is 11.4 Å². The molecule has 5 nitrogen and oxygen atoms in total. The van der Waals surface area contributed by atoms with Crippen LogP contribution in [-0.4, -0.2) is 53.6 Å². The lowest BCUT2D eigenvalue weighted by Crippen LogP contribution is -2.42. The summed E-state index contributed by atoms with van der Waals surface area (Å²) in [6, 6.07) is 3.49. The van der Waals surface area contributed by atoms with E-state index in [0.717, 1.165) is 18.5 Å². The van der Waals surface area contributed by atoms with Gasteiger partial charge in [0.1, 0.15) is 5.82 Å². The van der Waals surface area contributed by atoms with Crippen LogP contribution in [-0.2, 0) is 13.0 Å². The molecule has 2 atom stereocenters. The molecule has 6 heteroatoms. The van der Waals surface area contributed by atoms with Crippen molar-refractivity contribution in [3.8, 4) is 0 Å². The number of amides is 1. The predicted molar refractivity (Wildman–Crippen MR) is 96.6 cm³/mol. The van der Waals surface area contributed by atoms with Gasteiger partial charge in [0.25, 0.3) is 5.91 Å². The van der Waals surface area contributed by atoms with E-state index in [4.69, 9.17) is 5.21 Å². The van der Waals surface area contributed by atoms with Crippen LogP contribution in [0.2, 0.25) is 0 Å². The molecule has 1 amide bonds. The number of halogens is 1. The van der Waals surface area contributed by atoms with Gasteiger partial charge in [-0.3, -0.25) is 14.9 Å². The van der Waals surface area contributed by atoms with Crippen molar-refractivity contribution in [1.29, 1.82) is 0 Å². The average Bonchev–Trinajstić information content (AvgIpc) is 3.03. The van der Waals surface area contributed by atoms with Crippen molar-refractivity contribution in [2.24, 2.45) is 5.41 Å². The lowest BCUT2D eigenvalue weighted by Gasteiger charge is -2.40. The normalized spacial score (nSPS) is 29.7. The number of nitrogens with zero attached hydrogens (tertiary/aromatic N) is 2. The van der Waals surface area contributed by atoms with Crippen molar-refractivity contribution >= 4 is 5.91 Å². The Morgan fingerprint density at radius 1 is 1.35 bits per heavy atom. The third-order valence-corrected chi connectivity index (χ3v) is 6.73. The Kier molecular flexibility index (Phi) is 4.75. The van der Waals surface area contributed by atoms with E-state index in [1.165, 1.54) is 51.3 Å². The summed E-state index contributed by atoms with van der Waals surface area (Å²) in [6.45, 7) is 3.94. The smallest absolute Gasteiger partial charge is 0.274 e. The molecule has 1 saturated carbocycles. The lowest BCUT2D eigenvalue weighted by atomic mass is 9.78. The van der Waals surface area contributed by atoms with Gasteiger partial charge in [0.15, 0.2) is 0 Å². The molecule has 1 saturated heterocycles. The summed E-state index contributed by atoms with van der Waals surface area (Å²) in [5, 5.41) is 8.77. The number of carbonyl (C=O) groups excluding carboxylic acids is 1. The number of nitrogens with one attached hydrogen (secondary N) is 1. The fourth-order valence-electron chi connectivity index (χ4n) is 5.46. The minimum Gasteiger partial charge on any atom is -0.306 e. The van der Waals surface area contributed by atoms with Crippen LogP contribution in [0, 0.1) is 11.2 Å². The van der Waals surface area contributed by atoms with Crippen molar-refractivity contribution < 1.29 is 14.4 Å². The van der Waals surface area contributed by atoms with Crippen LogP contribution >= 0.6 is 0 Å². The van der Waals surface area contributed by atoms with Gasteiger partial charge in [-0.25, -0.2) is 9.87 Å². The van der Waals surface area contributed by atoms with E-state index in [2.05, 4.69) is 16.8 Å². The lowest BCUT2D eigenvalue weighted by molar-refractivity contribution is 0.0705. The van der Waals surface area contributed by atoms with Crippen LogP contribution in [0.15, 0.2) is 12.1 Å². The first kappa shape index (κ1) is 17.9. The quantitative estimate of drug-likeness (QED) is 0.628. The summed E-state index contributed by atoms with van der Waals surface area (Å²) in [6.07, 6.45) is 7.07. The largest absolute Gasteiger partial charge is 0.306 e. The monoisotopic (exact) mass is 361 g/mol. The van der Waals surface area contributed by atoms with Gasteiger partial charge in [0.2, 0.25) is 0 Å². The summed E-state index contributed by atoms with van der Waals surface area (Å²) in [7, 11) is 2.22. The third-order valence-electron chi connectivity index (χ3n) is 6.73. The van der Waals surface area contributed by atoms with Gasteiger partial charge >= 0.3 is 0 Å². The topological polar surface area (TPSA) is 55.8 Å². The maximum absolute atomic E-state index is 14.6. The van der Waals surface area contributed by atoms with Gasteiger partial charge in [-0.2, -0.15) is 0 Å². The average molecular weight is 361 g/mol. The van der Waals surface area contributed by atoms with Gasteiger partial charge in [0, 0.05) is 36.8 Å². The minimum absolute atomic E-state index is 0.183. The van der Waals surface area contributed by atoms with Crippen LogP contribution in [0.25, 0.3) is 0 Å². The van der Waals surface area contributed by atoms with Crippen LogP contribution in [0.4, 0.5) is 4.39 Å². The van der Waals surface area contributed by atoms with Crippen LogP contribution in [0.3, 0.4) is 0 Å². The molecule has 1 aromatic carbocycles. The fourth-order valence-corrected chi connectivity index (χ4v) is 5.46. The highest BCUT2D eigenvalue weighted by Gasteiger charge is 2.43. The van der Waals surface area contributed by atoms with Crippen molar-refractivity contribution in [3.63, 3.8) is 0 Å². The van der Waals surface area contributed by atoms with E-state index in [1.54, 1.807) is 11.5 Å². The molecule has 2 heterocycles. The van der Waals surface area contributed by atoms with E-state index in [1.807, 2.05) is 0 Å². The molecule has 3 aliphatic rings. The minimum atomic E-state index is -0.659. The predicted octanol–water partition coefficient (Wildman–Crippen LogP) is 2.57.